The number of nitro benzene ring substituents is 1. The van der Waals surface area contributed by atoms with Crippen molar-refractivity contribution in [3.63, 3.8) is 0 Å². The zero-order valence-electron chi connectivity index (χ0n) is 11.3. The van der Waals surface area contributed by atoms with Crippen LogP contribution in [0.15, 0.2) is 24.4 Å². The largest absolute Gasteiger partial charge is 0.330 e. The number of benzene rings is 1. The molecular formula is C13H17N5O2. The summed E-state index contributed by atoms with van der Waals surface area (Å²) in [4.78, 5) is 10.7. The molecule has 0 spiro atoms. The van der Waals surface area contributed by atoms with E-state index in [-0.39, 0.29) is 5.69 Å². The van der Waals surface area contributed by atoms with Gasteiger partial charge >= 0.3 is 0 Å². The highest BCUT2D eigenvalue weighted by Crippen LogP contribution is 2.25. The van der Waals surface area contributed by atoms with Gasteiger partial charge < -0.3 is 5.73 Å². The average Bonchev–Trinajstić information content (AvgIpc) is 2.87. The third-order valence-electron chi connectivity index (χ3n) is 3.07. The summed E-state index contributed by atoms with van der Waals surface area (Å²) in [5.74, 6) is 0. The molecule has 1 aromatic heterocycles. The van der Waals surface area contributed by atoms with Gasteiger partial charge in [-0.3, -0.25) is 10.1 Å². The second kappa shape index (κ2) is 6.25. The Labute approximate surface area is 116 Å². The zero-order valence-corrected chi connectivity index (χ0v) is 11.3. The minimum atomic E-state index is -0.405. The fourth-order valence-corrected chi connectivity index (χ4v) is 2.06. The Morgan fingerprint density at radius 3 is 2.90 bits per heavy atom. The second-order valence-corrected chi connectivity index (χ2v) is 4.60. The van der Waals surface area contributed by atoms with Crippen molar-refractivity contribution < 1.29 is 4.92 Å². The molecule has 1 aromatic carbocycles. The Bertz CT molecular complexity index is 609. The molecule has 0 unspecified atom stereocenters. The number of aromatic nitrogens is 3. The van der Waals surface area contributed by atoms with Crippen molar-refractivity contribution in [3.8, 4) is 5.69 Å². The van der Waals surface area contributed by atoms with Crippen molar-refractivity contribution in [2.24, 2.45) is 5.73 Å². The predicted octanol–water partition coefficient (Wildman–Crippen LogP) is 1.77. The van der Waals surface area contributed by atoms with E-state index in [0.29, 0.717) is 12.2 Å². The number of unbranched alkanes of at least 4 members (excludes halogenated alkanes) is 1. The van der Waals surface area contributed by atoms with Crippen LogP contribution in [-0.4, -0.2) is 26.5 Å². The molecule has 0 saturated heterocycles. The number of nitro groups is 1. The van der Waals surface area contributed by atoms with Gasteiger partial charge in [0, 0.05) is 6.07 Å². The van der Waals surface area contributed by atoms with Gasteiger partial charge in [0.1, 0.15) is 5.69 Å². The molecule has 7 heteroatoms. The number of hydrogen-bond donors (Lipinski definition) is 1. The Balaban J connectivity index is 2.30. The SMILES string of the molecule is Cc1cccc([N+](=O)[O-])c1-n1cc(CCCCN)nn1. The van der Waals surface area contributed by atoms with Gasteiger partial charge in [-0.15, -0.1) is 5.10 Å². The van der Waals surface area contributed by atoms with Crippen LogP contribution in [0.1, 0.15) is 24.1 Å². The van der Waals surface area contributed by atoms with E-state index in [4.69, 9.17) is 5.73 Å². The molecule has 7 nitrogen and oxygen atoms in total. The van der Waals surface area contributed by atoms with Crippen LogP contribution in [0.25, 0.3) is 5.69 Å². The van der Waals surface area contributed by atoms with E-state index in [0.717, 1.165) is 30.5 Å². The first-order chi connectivity index (χ1) is 9.63. The second-order valence-electron chi connectivity index (χ2n) is 4.60. The third-order valence-corrected chi connectivity index (χ3v) is 3.07. The van der Waals surface area contributed by atoms with Gasteiger partial charge in [-0.05, 0) is 38.3 Å². The molecule has 0 fully saturated rings. The minimum absolute atomic E-state index is 0.0309. The van der Waals surface area contributed by atoms with Crippen molar-refractivity contribution in [2.75, 3.05) is 6.54 Å². The number of rotatable bonds is 6. The van der Waals surface area contributed by atoms with Crippen LogP contribution in [0.4, 0.5) is 5.69 Å². The van der Waals surface area contributed by atoms with E-state index in [2.05, 4.69) is 10.3 Å². The van der Waals surface area contributed by atoms with E-state index in [1.807, 2.05) is 13.0 Å². The lowest BCUT2D eigenvalue weighted by atomic mass is 10.1. The molecule has 106 valence electrons. The highest BCUT2D eigenvalue weighted by Gasteiger charge is 2.18. The molecule has 0 aliphatic rings. The number of hydrogen-bond acceptors (Lipinski definition) is 5. The summed E-state index contributed by atoms with van der Waals surface area (Å²) in [5, 5.41) is 19.2. The molecule has 1 heterocycles. The topological polar surface area (TPSA) is 99.9 Å². The maximum Gasteiger partial charge on any atom is 0.295 e. The molecule has 2 rings (SSSR count). The van der Waals surface area contributed by atoms with Crippen molar-refractivity contribution >= 4 is 5.69 Å². The van der Waals surface area contributed by atoms with Crippen molar-refractivity contribution in [1.82, 2.24) is 15.0 Å². The summed E-state index contributed by atoms with van der Waals surface area (Å²) in [6.45, 7) is 2.47. The summed E-state index contributed by atoms with van der Waals surface area (Å²) in [6.07, 6.45) is 4.38. The average molecular weight is 275 g/mol. The van der Waals surface area contributed by atoms with Crippen LogP contribution in [0.2, 0.25) is 0 Å². The first kappa shape index (κ1) is 14.1. The van der Waals surface area contributed by atoms with Crippen molar-refractivity contribution in [3.05, 3.63) is 45.8 Å². The van der Waals surface area contributed by atoms with Crippen LogP contribution in [0, 0.1) is 17.0 Å². The summed E-state index contributed by atoms with van der Waals surface area (Å²) in [7, 11) is 0. The maximum atomic E-state index is 11.1. The third kappa shape index (κ3) is 3.00. The lowest BCUT2D eigenvalue weighted by Crippen LogP contribution is -2.03. The minimum Gasteiger partial charge on any atom is -0.330 e. The quantitative estimate of drug-likeness (QED) is 0.492. The lowest BCUT2D eigenvalue weighted by molar-refractivity contribution is -0.384. The Morgan fingerprint density at radius 2 is 2.20 bits per heavy atom. The number of para-hydroxylation sites is 1. The number of nitrogens with two attached hydrogens (primary N) is 1. The molecule has 0 atom stereocenters. The van der Waals surface area contributed by atoms with E-state index >= 15 is 0 Å². The van der Waals surface area contributed by atoms with E-state index in [1.54, 1.807) is 12.3 Å². The predicted molar refractivity (Wildman–Crippen MR) is 74.7 cm³/mol. The lowest BCUT2D eigenvalue weighted by Gasteiger charge is -2.05. The molecule has 20 heavy (non-hydrogen) atoms. The van der Waals surface area contributed by atoms with E-state index < -0.39 is 4.92 Å². The zero-order chi connectivity index (χ0) is 14.5. The fourth-order valence-electron chi connectivity index (χ4n) is 2.06. The molecule has 0 saturated carbocycles. The fraction of sp³-hybridized carbons (Fsp3) is 0.385. The highest BCUT2D eigenvalue weighted by atomic mass is 16.6. The van der Waals surface area contributed by atoms with Crippen LogP contribution in [0.3, 0.4) is 0 Å². The van der Waals surface area contributed by atoms with Gasteiger partial charge in [0.25, 0.3) is 5.69 Å². The molecule has 0 aliphatic heterocycles. The van der Waals surface area contributed by atoms with Crippen LogP contribution < -0.4 is 5.73 Å². The van der Waals surface area contributed by atoms with E-state index in [9.17, 15) is 10.1 Å². The van der Waals surface area contributed by atoms with Gasteiger partial charge in [0.2, 0.25) is 0 Å². The molecule has 0 bridgehead atoms. The van der Waals surface area contributed by atoms with Gasteiger partial charge in [-0.2, -0.15) is 0 Å². The van der Waals surface area contributed by atoms with Crippen LogP contribution in [-0.2, 0) is 6.42 Å². The van der Waals surface area contributed by atoms with Gasteiger partial charge in [-0.25, -0.2) is 4.68 Å². The summed E-state index contributed by atoms with van der Waals surface area (Å²) < 4.78 is 1.48. The smallest absolute Gasteiger partial charge is 0.295 e. The molecule has 2 aromatic rings. The molecule has 0 radical (unpaired) electrons. The Morgan fingerprint density at radius 1 is 1.40 bits per heavy atom. The van der Waals surface area contributed by atoms with Crippen LogP contribution in [0.5, 0.6) is 0 Å². The van der Waals surface area contributed by atoms with E-state index in [1.165, 1.54) is 10.7 Å². The molecule has 0 amide bonds. The molecular weight excluding hydrogens is 258 g/mol. The Kier molecular flexibility index (Phi) is 4.41. The van der Waals surface area contributed by atoms with Gasteiger partial charge in [-0.1, -0.05) is 17.3 Å². The van der Waals surface area contributed by atoms with Crippen molar-refractivity contribution in [2.45, 2.75) is 26.2 Å². The molecule has 0 aliphatic carbocycles. The normalized spacial score (nSPS) is 10.7. The number of nitrogens with zero attached hydrogens (tertiary/aromatic N) is 4. The molecule has 2 N–H and O–H groups in total. The van der Waals surface area contributed by atoms with Crippen molar-refractivity contribution in [1.29, 1.82) is 0 Å². The standard InChI is InChI=1S/C13H17N5O2/c1-10-5-4-7-12(18(19)20)13(10)17-9-11(15-16-17)6-2-3-8-14/h4-5,7,9H,2-3,6,8,14H2,1H3. The summed E-state index contributed by atoms with van der Waals surface area (Å²) >= 11 is 0. The summed E-state index contributed by atoms with van der Waals surface area (Å²) in [6, 6.07) is 4.95. The highest BCUT2D eigenvalue weighted by molar-refractivity contribution is 5.56. The number of aryl methyl sites for hydroxylation is 2. The monoisotopic (exact) mass is 275 g/mol. The summed E-state index contributed by atoms with van der Waals surface area (Å²) in [5.41, 5.74) is 7.55. The van der Waals surface area contributed by atoms with Gasteiger partial charge in [0.05, 0.1) is 16.8 Å². The first-order valence-electron chi connectivity index (χ1n) is 6.49. The van der Waals surface area contributed by atoms with Crippen LogP contribution >= 0.6 is 0 Å². The van der Waals surface area contributed by atoms with Gasteiger partial charge in [0.15, 0.2) is 0 Å². The maximum absolute atomic E-state index is 11.1. The Hall–Kier alpha value is -2.28. The first-order valence-corrected chi connectivity index (χ1v) is 6.49.